The summed E-state index contributed by atoms with van der Waals surface area (Å²) in [5.41, 5.74) is 0. The molecule has 0 aliphatic carbocycles. The summed E-state index contributed by atoms with van der Waals surface area (Å²) in [6.45, 7) is 10.0. The van der Waals surface area contributed by atoms with Crippen LogP contribution in [0.4, 0.5) is 0 Å². The molecule has 0 aromatic rings. The average Bonchev–Trinajstić information content (AvgIpc) is 2.11. The second-order valence-electron chi connectivity index (χ2n) is 3.75. The molecule has 1 nitrogen and oxygen atoms in total. The van der Waals surface area contributed by atoms with Crippen molar-refractivity contribution in [2.75, 3.05) is 13.2 Å². The van der Waals surface area contributed by atoms with Gasteiger partial charge in [-0.25, -0.2) is 0 Å². The van der Waals surface area contributed by atoms with E-state index in [0.717, 1.165) is 25.6 Å². The summed E-state index contributed by atoms with van der Waals surface area (Å²) in [4.78, 5) is 0. The first-order valence-corrected chi connectivity index (χ1v) is 5.49. The van der Waals surface area contributed by atoms with Crippen LogP contribution in [0.25, 0.3) is 0 Å². The molecule has 0 rings (SSSR count). The maximum atomic E-state index is 5.56. The molecule has 0 heterocycles. The zero-order chi connectivity index (χ0) is 9.94. The van der Waals surface area contributed by atoms with Crippen LogP contribution < -0.4 is 0 Å². The molecule has 13 heavy (non-hydrogen) atoms. The van der Waals surface area contributed by atoms with Crippen molar-refractivity contribution in [3.8, 4) is 0 Å². The van der Waals surface area contributed by atoms with Gasteiger partial charge in [0.25, 0.3) is 0 Å². The van der Waals surface area contributed by atoms with Crippen LogP contribution in [0.1, 0.15) is 46.0 Å². The molecule has 0 amide bonds. The summed E-state index contributed by atoms with van der Waals surface area (Å²) < 4.78 is 5.56. The molecule has 0 aromatic carbocycles. The topological polar surface area (TPSA) is 9.23 Å². The van der Waals surface area contributed by atoms with Gasteiger partial charge in [0.15, 0.2) is 0 Å². The van der Waals surface area contributed by atoms with E-state index in [1.165, 1.54) is 25.7 Å². The van der Waals surface area contributed by atoms with Crippen molar-refractivity contribution in [1.29, 1.82) is 0 Å². The minimum absolute atomic E-state index is 0.726. The molecule has 0 aliphatic heterocycles. The van der Waals surface area contributed by atoms with E-state index in [9.17, 15) is 0 Å². The molecule has 0 spiro atoms. The molecule has 1 heteroatoms. The fraction of sp³-hybridized carbons (Fsp3) is 0.833. The first kappa shape index (κ1) is 12.7. The van der Waals surface area contributed by atoms with Gasteiger partial charge in [-0.1, -0.05) is 26.3 Å². The summed E-state index contributed by atoms with van der Waals surface area (Å²) >= 11 is 0. The fourth-order valence-corrected chi connectivity index (χ4v) is 1.35. The zero-order valence-corrected chi connectivity index (χ0v) is 9.22. The lowest BCUT2D eigenvalue weighted by atomic mass is 10.1. The predicted octanol–water partition coefficient (Wildman–Crippen LogP) is 3.80. The van der Waals surface area contributed by atoms with Gasteiger partial charge in [-0.3, -0.25) is 0 Å². The molecule has 0 saturated heterocycles. The highest BCUT2D eigenvalue weighted by atomic mass is 16.5. The number of allylic oxidation sites excluding steroid dienone is 1. The van der Waals surface area contributed by atoms with Crippen LogP contribution in [0, 0.1) is 5.92 Å². The molecular formula is C12H24O. The summed E-state index contributed by atoms with van der Waals surface area (Å²) in [5, 5.41) is 0. The van der Waals surface area contributed by atoms with Crippen LogP contribution >= 0.6 is 0 Å². The van der Waals surface area contributed by atoms with E-state index in [0.29, 0.717) is 0 Å². The van der Waals surface area contributed by atoms with Gasteiger partial charge >= 0.3 is 0 Å². The molecule has 1 unspecified atom stereocenters. The van der Waals surface area contributed by atoms with E-state index < -0.39 is 0 Å². The summed E-state index contributed by atoms with van der Waals surface area (Å²) in [5.74, 6) is 0.726. The van der Waals surface area contributed by atoms with E-state index >= 15 is 0 Å². The largest absolute Gasteiger partial charge is 0.381 e. The highest BCUT2D eigenvalue weighted by Crippen LogP contribution is 2.05. The van der Waals surface area contributed by atoms with E-state index in [2.05, 4.69) is 20.4 Å². The number of ether oxygens (including phenoxy) is 1. The predicted molar refractivity (Wildman–Crippen MR) is 58.9 cm³/mol. The second-order valence-corrected chi connectivity index (χ2v) is 3.75. The Morgan fingerprint density at radius 3 is 2.77 bits per heavy atom. The summed E-state index contributed by atoms with van der Waals surface area (Å²) in [7, 11) is 0. The third-order valence-electron chi connectivity index (χ3n) is 2.13. The molecule has 78 valence electrons. The van der Waals surface area contributed by atoms with Crippen molar-refractivity contribution in [1.82, 2.24) is 0 Å². The minimum atomic E-state index is 0.726. The van der Waals surface area contributed by atoms with Crippen LogP contribution in [0.2, 0.25) is 0 Å². The maximum Gasteiger partial charge on any atom is 0.0491 e. The first-order chi connectivity index (χ1) is 6.31. The molecule has 0 fully saturated rings. The minimum Gasteiger partial charge on any atom is -0.381 e. The van der Waals surface area contributed by atoms with Crippen molar-refractivity contribution in [2.45, 2.75) is 46.0 Å². The van der Waals surface area contributed by atoms with E-state index in [-0.39, 0.29) is 0 Å². The van der Waals surface area contributed by atoms with E-state index in [4.69, 9.17) is 4.74 Å². The molecule has 0 aromatic heterocycles. The molecule has 1 atom stereocenters. The Bertz CT molecular complexity index is 110. The lowest BCUT2D eigenvalue weighted by Crippen LogP contribution is -2.06. The van der Waals surface area contributed by atoms with Crippen LogP contribution in [-0.2, 0) is 4.74 Å². The summed E-state index contributed by atoms with van der Waals surface area (Å²) in [6.07, 6.45) is 8.03. The van der Waals surface area contributed by atoms with Crippen LogP contribution in [0.3, 0.4) is 0 Å². The lowest BCUT2D eigenvalue weighted by Gasteiger charge is -2.10. The number of unbranched alkanes of at least 4 members (excludes halogenated alkanes) is 2. The normalized spacial score (nSPS) is 12.8. The van der Waals surface area contributed by atoms with Gasteiger partial charge in [0.05, 0.1) is 0 Å². The van der Waals surface area contributed by atoms with Crippen molar-refractivity contribution < 1.29 is 4.74 Å². The van der Waals surface area contributed by atoms with E-state index in [1.807, 2.05) is 6.08 Å². The van der Waals surface area contributed by atoms with Crippen molar-refractivity contribution in [2.24, 2.45) is 5.92 Å². The fourth-order valence-electron chi connectivity index (χ4n) is 1.35. The van der Waals surface area contributed by atoms with Gasteiger partial charge in [0, 0.05) is 13.2 Å². The lowest BCUT2D eigenvalue weighted by molar-refractivity contribution is 0.0988. The van der Waals surface area contributed by atoms with Crippen LogP contribution in [0.5, 0.6) is 0 Å². The van der Waals surface area contributed by atoms with Crippen molar-refractivity contribution in [3.05, 3.63) is 12.7 Å². The Kier molecular flexibility index (Phi) is 9.56. The molecule has 0 aliphatic rings. The van der Waals surface area contributed by atoms with Crippen molar-refractivity contribution >= 4 is 0 Å². The number of hydrogen-bond donors (Lipinski definition) is 0. The maximum absolute atomic E-state index is 5.56. The quantitative estimate of drug-likeness (QED) is 0.391. The number of hydrogen-bond acceptors (Lipinski definition) is 1. The molecule has 0 N–H and O–H groups in total. The Balaban J connectivity index is 3.01. The second kappa shape index (κ2) is 9.79. The molecular weight excluding hydrogens is 160 g/mol. The Hall–Kier alpha value is -0.300. The SMILES string of the molecule is C=CCCCCOCC(C)CCC. The third-order valence-corrected chi connectivity index (χ3v) is 2.13. The number of rotatable bonds is 9. The molecule has 0 bridgehead atoms. The first-order valence-electron chi connectivity index (χ1n) is 5.49. The summed E-state index contributed by atoms with van der Waals surface area (Å²) in [6, 6.07) is 0. The van der Waals surface area contributed by atoms with Gasteiger partial charge in [-0.05, 0) is 31.6 Å². The van der Waals surface area contributed by atoms with Gasteiger partial charge in [0.2, 0.25) is 0 Å². The van der Waals surface area contributed by atoms with Gasteiger partial charge in [0.1, 0.15) is 0 Å². The molecule has 0 saturated carbocycles. The highest BCUT2D eigenvalue weighted by Gasteiger charge is 1.99. The Morgan fingerprint density at radius 1 is 1.38 bits per heavy atom. The van der Waals surface area contributed by atoms with E-state index in [1.54, 1.807) is 0 Å². The third kappa shape index (κ3) is 9.62. The van der Waals surface area contributed by atoms with Crippen LogP contribution in [0.15, 0.2) is 12.7 Å². The van der Waals surface area contributed by atoms with Crippen LogP contribution in [-0.4, -0.2) is 13.2 Å². The highest BCUT2D eigenvalue weighted by molar-refractivity contribution is 4.65. The Morgan fingerprint density at radius 2 is 2.15 bits per heavy atom. The van der Waals surface area contributed by atoms with Crippen molar-refractivity contribution in [3.63, 3.8) is 0 Å². The van der Waals surface area contributed by atoms with Gasteiger partial charge in [-0.15, -0.1) is 6.58 Å². The average molecular weight is 184 g/mol. The standard InChI is InChI=1S/C12H24O/c1-4-6-7-8-10-13-11-12(3)9-5-2/h4,12H,1,5-11H2,2-3H3. The molecule has 0 radical (unpaired) electrons. The monoisotopic (exact) mass is 184 g/mol. The Labute approximate surface area is 83.2 Å². The zero-order valence-electron chi connectivity index (χ0n) is 9.22. The smallest absolute Gasteiger partial charge is 0.0491 e. The van der Waals surface area contributed by atoms with Gasteiger partial charge < -0.3 is 4.74 Å². The van der Waals surface area contributed by atoms with Gasteiger partial charge in [-0.2, -0.15) is 0 Å².